The van der Waals surface area contributed by atoms with Gasteiger partial charge in [-0.3, -0.25) is 5.10 Å². The van der Waals surface area contributed by atoms with Crippen LogP contribution in [0, 0.1) is 13.8 Å². The monoisotopic (exact) mass is 150 g/mol. The van der Waals surface area contributed by atoms with Crippen molar-refractivity contribution in [2.45, 2.75) is 27.2 Å². The number of aromatic amines is 1. The number of nitrogens with zero attached hydrogens (tertiary/aromatic N) is 1. The fourth-order valence-corrected chi connectivity index (χ4v) is 1.14. The first-order valence-electron chi connectivity index (χ1n) is 3.76. The Morgan fingerprint density at radius 2 is 2.18 bits per heavy atom. The highest BCUT2D eigenvalue weighted by Crippen LogP contribution is 2.12. The van der Waals surface area contributed by atoms with E-state index < -0.39 is 0 Å². The Bertz CT molecular complexity index is 252. The van der Waals surface area contributed by atoms with Gasteiger partial charge in [-0.25, -0.2) is 0 Å². The second-order valence-electron chi connectivity index (χ2n) is 3.05. The topological polar surface area (TPSA) is 28.7 Å². The number of H-pyrrole nitrogens is 1. The molecule has 0 unspecified atom stereocenters. The average Bonchev–Trinajstić information content (AvgIpc) is 2.18. The summed E-state index contributed by atoms with van der Waals surface area (Å²) in [5.74, 6) is 0. The fourth-order valence-electron chi connectivity index (χ4n) is 1.14. The van der Waals surface area contributed by atoms with E-state index in [0.29, 0.717) is 0 Å². The minimum absolute atomic E-state index is 0.939. The van der Waals surface area contributed by atoms with E-state index in [2.05, 4.69) is 16.8 Å². The third-order valence-corrected chi connectivity index (χ3v) is 1.76. The molecule has 60 valence electrons. The van der Waals surface area contributed by atoms with Gasteiger partial charge in [0.15, 0.2) is 0 Å². The van der Waals surface area contributed by atoms with Crippen LogP contribution in [0.15, 0.2) is 12.2 Å². The van der Waals surface area contributed by atoms with Gasteiger partial charge in [-0.05, 0) is 32.8 Å². The zero-order valence-electron chi connectivity index (χ0n) is 7.36. The summed E-state index contributed by atoms with van der Waals surface area (Å²) in [4.78, 5) is 0. The molecule has 2 nitrogen and oxygen atoms in total. The molecule has 0 amide bonds. The molecule has 2 heteroatoms. The third-order valence-electron chi connectivity index (χ3n) is 1.76. The van der Waals surface area contributed by atoms with Gasteiger partial charge in [0.1, 0.15) is 0 Å². The fraction of sp³-hybridized carbons (Fsp3) is 0.444. The summed E-state index contributed by atoms with van der Waals surface area (Å²) in [6.45, 7) is 9.96. The molecule has 0 bridgehead atoms. The molecule has 0 saturated carbocycles. The van der Waals surface area contributed by atoms with Gasteiger partial charge in [-0.1, -0.05) is 12.2 Å². The van der Waals surface area contributed by atoms with Crippen molar-refractivity contribution >= 4 is 0 Å². The van der Waals surface area contributed by atoms with Crippen LogP contribution in [0.1, 0.15) is 23.9 Å². The molecule has 0 spiro atoms. The van der Waals surface area contributed by atoms with E-state index in [-0.39, 0.29) is 0 Å². The van der Waals surface area contributed by atoms with Crippen LogP contribution >= 0.6 is 0 Å². The molecular formula is C9H14N2. The van der Waals surface area contributed by atoms with E-state index in [1.165, 1.54) is 11.1 Å². The van der Waals surface area contributed by atoms with Crippen LogP contribution in [0.5, 0.6) is 0 Å². The lowest BCUT2D eigenvalue weighted by Crippen LogP contribution is -1.88. The van der Waals surface area contributed by atoms with Crippen molar-refractivity contribution in [3.05, 3.63) is 29.1 Å². The van der Waals surface area contributed by atoms with Gasteiger partial charge in [-0.15, -0.1) is 0 Å². The second-order valence-corrected chi connectivity index (χ2v) is 3.05. The predicted octanol–water partition coefficient (Wildman–Crippen LogP) is 2.15. The van der Waals surface area contributed by atoms with Crippen LogP contribution in [0.25, 0.3) is 0 Å². The van der Waals surface area contributed by atoms with Crippen LogP contribution in [-0.4, -0.2) is 10.2 Å². The molecule has 11 heavy (non-hydrogen) atoms. The van der Waals surface area contributed by atoms with Crippen molar-refractivity contribution in [1.82, 2.24) is 10.2 Å². The van der Waals surface area contributed by atoms with Gasteiger partial charge >= 0.3 is 0 Å². The maximum absolute atomic E-state index is 4.10. The molecule has 0 aliphatic rings. The molecule has 1 aromatic heterocycles. The SMILES string of the molecule is C=C(C)Cc1c(C)n[nH]c1C. The Labute approximate surface area is 67.3 Å². The first-order valence-corrected chi connectivity index (χ1v) is 3.76. The molecule has 0 saturated heterocycles. The molecule has 1 rings (SSSR count). The van der Waals surface area contributed by atoms with Gasteiger partial charge < -0.3 is 0 Å². The highest BCUT2D eigenvalue weighted by Gasteiger charge is 2.04. The number of nitrogens with one attached hydrogen (secondary N) is 1. The van der Waals surface area contributed by atoms with E-state index >= 15 is 0 Å². The molecular weight excluding hydrogens is 136 g/mol. The number of aromatic nitrogens is 2. The Morgan fingerprint density at radius 1 is 1.55 bits per heavy atom. The molecule has 1 aromatic rings. The maximum Gasteiger partial charge on any atom is 0.0629 e. The summed E-state index contributed by atoms with van der Waals surface area (Å²) in [6, 6.07) is 0. The Morgan fingerprint density at radius 3 is 2.55 bits per heavy atom. The molecule has 0 aromatic carbocycles. The molecule has 1 N–H and O–H groups in total. The van der Waals surface area contributed by atoms with E-state index in [0.717, 1.165) is 17.8 Å². The van der Waals surface area contributed by atoms with Gasteiger partial charge in [-0.2, -0.15) is 5.10 Å². The van der Waals surface area contributed by atoms with E-state index in [9.17, 15) is 0 Å². The lowest BCUT2D eigenvalue weighted by atomic mass is 10.1. The lowest BCUT2D eigenvalue weighted by Gasteiger charge is -1.98. The summed E-state index contributed by atoms with van der Waals surface area (Å²) in [7, 11) is 0. The van der Waals surface area contributed by atoms with Gasteiger partial charge in [0.2, 0.25) is 0 Å². The summed E-state index contributed by atoms with van der Waals surface area (Å²) < 4.78 is 0. The first kappa shape index (κ1) is 8.05. The zero-order valence-corrected chi connectivity index (χ0v) is 7.36. The van der Waals surface area contributed by atoms with Crippen molar-refractivity contribution in [3.63, 3.8) is 0 Å². The molecule has 0 atom stereocenters. The van der Waals surface area contributed by atoms with Crippen molar-refractivity contribution in [1.29, 1.82) is 0 Å². The largest absolute Gasteiger partial charge is 0.282 e. The van der Waals surface area contributed by atoms with Crippen LogP contribution < -0.4 is 0 Å². The molecule has 0 aliphatic heterocycles. The van der Waals surface area contributed by atoms with Crippen LogP contribution in [0.2, 0.25) is 0 Å². The van der Waals surface area contributed by atoms with E-state index in [1.807, 2.05) is 20.8 Å². The molecule has 0 aliphatic carbocycles. The van der Waals surface area contributed by atoms with Gasteiger partial charge in [0, 0.05) is 5.69 Å². The lowest BCUT2D eigenvalue weighted by molar-refractivity contribution is 1.02. The molecule has 0 fully saturated rings. The minimum atomic E-state index is 0.939. The normalized spacial score (nSPS) is 10.1. The predicted molar refractivity (Wildman–Crippen MR) is 46.6 cm³/mol. The second kappa shape index (κ2) is 2.91. The number of hydrogen-bond acceptors (Lipinski definition) is 1. The Kier molecular flexibility index (Phi) is 2.13. The summed E-state index contributed by atoms with van der Waals surface area (Å²) in [5, 5.41) is 7.05. The minimum Gasteiger partial charge on any atom is -0.282 e. The van der Waals surface area contributed by atoms with Crippen molar-refractivity contribution in [3.8, 4) is 0 Å². The number of rotatable bonds is 2. The zero-order chi connectivity index (χ0) is 8.43. The molecule has 1 heterocycles. The smallest absolute Gasteiger partial charge is 0.0629 e. The molecule has 0 radical (unpaired) electrons. The van der Waals surface area contributed by atoms with Gasteiger partial charge in [0.05, 0.1) is 5.69 Å². The number of aryl methyl sites for hydroxylation is 2. The number of allylic oxidation sites excluding steroid dienone is 1. The third kappa shape index (κ3) is 1.70. The van der Waals surface area contributed by atoms with Crippen molar-refractivity contribution in [2.75, 3.05) is 0 Å². The summed E-state index contributed by atoms with van der Waals surface area (Å²) in [6.07, 6.45) is 0.939. The highest BCUT2D eigenvalue weighted by atomic mass is 15.1. The Balaban J connectivity index is 2.92. The summed E-state index contributed by atoms with van der Waals surface area (Å²) >= 11 is 0. The maximum atomic E-state index is 4.10. The first-order chi connectivity index (χ1) is 5.11. The van der Waals surface area contributed by atoms with Crippen molar-refractivity contribution < 1.29 is 0 Å². The van der Waals surface area contributed by atoms with Gasteiger partial charge in [0.25, 0.3) is 0 Å². The Hall–Kier alpha value is -1.05. The van der Waals surface area contributed by atoms with Crippen molar-refractivity contribution in [2.24, 2.45) is 0 Å². The van der Waals surface area contributed by atoms with Crippen LogP contribution in [0.3, 0.4) is 0 Å². The van der Waals surface area contributed by atoms with Crippen LogP contribution in [-0.2, 0) is 6.42 Å². The van der Waals surface area contributed by atoms with Crippen LogP contribution in [0.4, 0.5) is 0 Å². The van der Waals surface area contributed by atoms with E-state index in [4.69, 9.17) is 0 Å². The quantitative estimate of drug-likeness (QED) is 0.643. The standard InChI is InChI=1S/C9H14N2/c1-6(2)5-9-7(3)10-11-8(9)4/h1,5H2,2-4H3,(H,10,11). The van der Waals surface area contributed by atoms with E-state index in [1.54, 1.807) is 0 Å². The summed E-state index contributed by atoms with van der Waals surface area (Å²) in [5.41, 5.74) is 4.71. The average molecular weight is 150 g/mol. The number of hydrogen-bond donors (Lipinski definition) is 1. The highest BCUT2D eigenvalue weighted by molar-refractivity contribution is 5.27.